The Kier molecular flexibility index (Phi) is 5.49. The minimum Gasteiger partial charge on any atom is -0.341 e. The van der Waals surface area contributed by atoms with Gasteiger partial charge in [0.2, 0.25) is 11.8 Å². The molecule has 0 radical (unpaired) electrons. The molecule has 3 heterocycles. The Morgan fingerprint density at radius 3 is 2.54 bits per heavy atom. The molecule has 0 saturated carbocycles. The fourth-order valence-electron chi connectivity index (χ4n) is 4.46. The van der Waals surface area contributed by atoms with E-state index in [1.54, 1.807) is 16.2 Å². The van der Waals surface area contributed by atoms with Crippen LogP contribution in [0.1, 0.15) is 48.4 Å². The number of carbonyl (C=O) groups is 2. The number of amides is 2. The van der Waals surface area contributed by atoms with Gasteiger partial charge in [0.1, 0.15) is 0 Å². The van der Waals surface area contributed by atoms with Crippen molar-refractivity contribution in [1.82, 2.24) is 14.8 Å². The summed E-state index contributed by atoms with van der Waals surface area (Å²) in [6.45, 7) is 4.39. The van der Waals surface area contributed by atoms with Crippen LogP contribution in [0.15, 0.2) is 35.7 Å². The molecular formula is C22H27N3O2S. The zero-order valence-corrected chi connectivity index (χ0v) is 17.2. The van der Waals surface area contributed by atoms with E-state index in [2.05, 4.69) is 29.6 Å². The maximum absolute atomic E-state index is 12.8. The van der Waals surface area contributed by atoms with Crippen LogP contribution in [0.4, 0.5) is 0 Å². The molecule has 0 bridgehead atoms. The Bertz CT molecular complexity index is 840. The highest BCUT2D eigenvalue weighted by molar-refractivity contribution is 7.09. The van der Waals surface area contributed by atoms with Gasteiger partial charge in [0.25, 0.3) is 0 Å². The second-order valence-electron chi connectivity index (χ2n) is 7.85. The summed E-state index contributed by atoms with van der Waals surface area (Å²) in [5.74, 6) is 0.194. The zero-order chi connectivity index (χ0) is 19.6. The highest BCUT2D eigenvalue weighted by Crippen LogP contribution is 2.42. The van der Waals surface area contributed by atoms with Crippen LogP contribution in [0.25, 0.3) is 0 Å². The largest absolute Gasteiger partial charge is 0.341 e. The van der Waals surface area contributed by atoms with E-state index in [9.17, 15) is 9.59 Å². The lowest BCUT2D eigenvalue weighted by molar-refractivity contribution is -0.142. The monoisotopic (exact) mass is 397 g/mol. The molecule has 4 rings (SSSR count). The molecule has 2 aromatic rings. The van der Waals surface area contributed by atoms with Crippen molar-refractivity contribution >= 4 is 23.2 Å². The summed E-state index contributed by atoms with van der Waals surface area (Å²) in [4.78, 5) is 33.3. The molecule has 0 spiro atoms. The molecule has 2 amide bonds. The van der Waals surface area contributed by atoms with Gasteiger partial charge in [0.15, 0.2) is 0 Å². The molecule has 0 N–H and O–H groups in total. The Hall–Kier alpha value is -2.21. The predicted octanol–water partition coefficient (Wildman–Crippen LogP) is 3.37. The second-order valence-corrected chi connectivity index (χ2v) is 8.92. The van der Waals surface area contributed by atoms with E-state index in [0.29, 0.717) is 26.1 Å². The number of carbonyl (C=O) groups excluding carboxylic acids is 2. The minimum absolute atomic E-state index is 0.0753. The normalized spacial score (nSPS) is 19.7. The highest BCUT2D eigenvalue weighted by atomic mass is 32.1. The van der Waals surface area contributed by atoms with Crippen molar-refractivity contribution in [2.24, 2.45) is 0 Å². The fourth-order valence-corrected chi connectivity index (χ4v) is 5.17. The van der Waals surface area contributed by atoms with E-state index in [-0.39, 0.29) is 23.8 Å². The van der Waals surface area contributed by atoms with Gasteiger partial charge < -0.3 is 9.80 Å². The van der Waals surface area contributed by atoms with E-state index >= 15 is 0 Å². The van der Waals surface area contributed by atoms with Gasteiger partial charge in [-0.05, 0) is 38.2 Å². The molecule has 0 aliphatic carbocycles. The lowest BCUT2D eigenvalue weighted by atomic mass is 9.70. The van der Waals surface area contributed by atoms with Crippen LogP contribution in [0.2, 0.25) is 0 Å². The SMILES string of the molecule is Cc1nc(C2(c3ccccc3)CCN(C(=O)CN3CCCCC3=O)CC2)cs1. The topological polar surface area (TPSA) is 53.5 Å². The molecule has 0 atom stereocenters. The summed E-state index contributed by atoms with van der Waals surface area (Å²) < 4.78 is 0. The van der Waals surface area contributed by atoms with Crippen LogP contribution in [0.3, 0.4) is 0 Å². The fraction of sp³-hybridized carbons (Fsp3) is 0.500. The van der Waals surface area contributed by atoms with E-state index < -0.39 is 0 Å². The van der Waals surface area contributed by atoms with Crippen molar-refractivity contribution in [1.29, 1.82) is 0 Å². The highest BCUT2D eigenvalue weighted by Gasteiger charge is 2.40. The summed E-state index contributed by atoms with van der Waals surface area (Å²) in [7, 11) is 0. The zero-order valence-electron chi connectivity index (χ0n) is 16.4. The van der Waals surface area contributed by atoms with Crippen LogP contribution in [-0.2, 0) is 15.0 Å². The Balaban J connectivity index is 1.49. The third-order valence-corrected chi connectivity index (χ3v) is 6.93. The number of likely N-dealkylation sites (tertiary alicyclic amines) is 2. The van der Waals surface area contributed by atoms with Crippen LogP contribution in [0, 0.1) is 6.92 Å². The lowest BCUT2D eigenvalue weighted by Crippen LogP contribution is -2.50. The number of hydrogen-bond donors (Lipinski definition) is 0. The van der Waals surface area contributed by atoms with E-state index in [1.807, 2.05) is 17.9 Å². The number of hydrogen-bond acceptors (Lipinski definition) is 4. The molecular weight excluding hydrogens is 370 g/mol. The molecule has 148 valence electrons. The standard InChI is InChI=1S/C22H27N3O2S/c1-17-23-19(16-28-17)22(18-7-3-2-4-8-18)10-13-24(14-11-22)21(27)15-25-12-6-5-9-20(25)26/h2-4,7-8,16H,5-6,9-15H2,1H3. The molecule has 0 unspecified atom stereocenters. The molecule has 28 heavy (non-hydrogen) atoms. The van der Waals surface area contributed by atoms with Gasteiger partial charge in [-0.15, -0.1) is 11.3 Å². The number of rotatable bonds is 4. The number of aryl methyl sites for hydroxylation is 1. The molecule has 2 fully saturated rings. The molecule has 2 saturated heterocycles. The van der Waals surface area contributed by atoms with Gasteiger partial charge in [0, 0.05) is 36.9 Å². The van der Waals surface area contributed by atoms with Crippen LogP contribution in [-0.4, -0.2) is 52.8 Å². The van der Waals surface area contributed by atoms with E-state index in [4.69, 9.17) is 4.98 Å². The second kappa shape index (κ2) is 8.03. The summed E-state index contributed by atoms with van der Waals surface area (Å²) in [5.41, 5.74) is 2.27. The first-order chi connectivity index (χ1) is 13.6. The molecule has 2 aliphatic heterocycles. The van der Waals surface area contributed by atoms with Gasteiger partial charge >= 0.3 is 0 Å². The first-order valence-corrected chi connectivity index (χ1v) is 11.0. The third-order valence-electron chi connectivity index (χ3n) is 6.15. The minimum atomic E-state index is -0.135. The smallest absolute Gasteiger partial charge is 0.242 e. The Morgan fingerprint density at radius 2 is 1.89 bits per heavy atom. The van der Waals surface area contributed by atoms with Crippen molar-refractivity contribution in [2.75, 3.05) is 26.2 Å². The van der Waals surface area contributed by atoms with Crippen molar-refractivity contribution in [3.05, 3.63) is 52.0 Å². The summed E-state index contributed by atoms with van der Waals surface area (Å²) in [6.07, 6.45) is 4.24. The number of nitrogens with zero attached hydrogens (tertiary/aromatic N) is 3. The molecule has 1 aromatic heterocycles. The number of piperidine rings is 2. The van der Waals surface area contributed by atoms with Crippen molar-refractivity contribution in [2.45, 2.75) is 44.4 Å². The van der Waals surface area contributed by atoms with Gasteiger partial charge in [-0.25, -0.2) is 4.98 Å². The summed E-state index contributed by atoms with van der Waals surface area (Å²) in [6, 6.07) is 10.6. The van der Waals surface area contributed by atoms with Gasteiger partial charge in [-0.2, -0.15) is 0 Å². The quantitative estimate of drug-likeness (QED) is 0.795. The van der Waals surface area contributed by atoms with E-state index in [0.717, 1.165) is 36.4 Å². The number of thiazole rings is 1. The summed E-state index contributed by atoms with van der Waals surface area (Å²) in [5, 5.41) is 3.25. The Labute approximate surface area is 170 Å². The van der Waals surface area contributed by atoms with Gasteiger partial charge in [-0.1, -0.05) is 30.3 Å². The first kappa shape index (κ1) is 19.1. The molecule has 5 nitrogen and oxygen atoms in total. The maximum Gasteiger partial charge on any atom is 0.242 e. The Morgan fingerprint density at radius 1 is 1.14 bits per heavy atom. The number of benzene rings is 1. The van der Waals surface area contributed by atoms with Crippen LogP contribution >= 0.6 is 11.3 Å². The van der Waals surface area contributed by atoms with Crippen LogP contribution in [0.5, 0.6) is 0 Å². The lowest BCUT2D eigenvalue weighted by Gasteiger charge is -2.42. The number of aromatic nitrogens is 1. The molecule has 2 aliphatic rings. The van der Waals surface area contributed by atoms with E-state index in [1.165, 1.54) is 5.56 Å². The van der Waals surface area contributed by atoms with Gasteiger partial charge in [-0.3, -0.25) is 9.59 Å². The van der Waals surface area contributed by atoms with Crippen molar-refractivity contribution < 1.29 is 9.59 Å². The van der Waals surface area contributed by atoms with Crippen LogP contribution < -0.4 is 0 Å². The first-order valence-electron chi connectivity index (χ1n) is 10.1. The summed E-state index contributed by atoms with van der Waals surface area (Å²) >= 11 is 1.69. The van der Waals surface area contributed by atoms with Crippen molar-refractivity contribution in [3.8, 4) is 0 Å². The molecule has 6 heteroatoms. The van der Waals surface area contributed by atoms with Crippen molar-refractivity contribution in [3.63, 3.8) is 0 Å². The molecule has 1 aromatic carbocycles. The average Bonchev–Trinajstić information content (AvgIpc) is 3.17. The third kappa shape index (κ3) is 3.70. The predicted molar refractivity (Wildman–Crippen MR) is 110 cm³/mol. The average molecular weight is 398 g/mol. The maximum atomic E-state index is 12.8. The van der Waals surface area contributed by atoms with Gasteiger partial charge in [0.05, 0.1) is 17.2 Å².